The van der Waals surface area contributed by atoms with Crippen molar-refractivity contribution in [1.29, 1.82) is 0 Å². The topological polar surface area (TPSA) is 95.9 Å². The third kappa shape index (κ3) is 49.8. The number of carbonyl (C=O) groups is 2. The minimum atomic E-state index is -0.668. The van der Waals surface area contributed by atoms with Crippen LogP contribution in [0.2, 0.25) is 0 Å². The largest absolute Gasteiger partial charge is 0.466 e. The normalized spacial score (nSPS) is 12.8. The zero-order chi connectivity index (χ0) is 46.5. The van der Waals surface area contributed by atoms with Crippen molar-refractivity contribution in [1.82, 2.24) is 5.32 Å². The van der Waals surface area contributed by atoms with Crippen LogP contribution in [0.4, 0.5) is 0 Å². The fourth-order valence-corrected chi connectivity index (χ4v) is 8.85. The lowest BCUT2D eigenvalue weighted by Gasteiger charge is -2.22. The number of aliphatic hydroxyl groups is 2. The van der Waals surface area contributed by atoms with Crippen LogP contribution in [0.3, 0.4) is 0 Å². The minimum Gasteiger partial charge on any atom is -0.466 e. The highest BCUT2D eigenvalue weighted by atomic mass is 16.5. The molecule has 6 heteroatoms. The lowest BCUT2D eigenvalue weighted by atomic mass is 10.0. The van der Waals surface area contributed by atoms with Gasteiger partial charge in [-0.15, -0.1) is 0 Å². The third-order valence-electron chi connectivity index (χ3n) is 13.3. The molecule has 378 valence electrons. The smallest absolute Gasteiger partial charge is 0.305 e. The Morgan fingerprint density at radius 1 is 0.438 bits per heavy atom. The molecule has 3 N–H and O–H groups in total. The van der Waals surface area contributed by atoms with Crippen LogP contribution in [0.15, 0.2) is 24.3 Å². The maximum Gasteiger partial charge on any atom is 0.305 e. The number of amides is 1. The molecule has 0 aromatic rings. The van der Waals surface area contributed by atoms with Gasteiger partial charge in [-0.3, -0.25) is 9.59 Å². The zero-order valence-electron chi connectivity index (χ0n) is 43.0. The van der Waals surface area contributed by atoms with Gasteiger partial charge in [-0.1, -0.05) is 263 Å². The summed E-state index contributed by atoms with van der Waals surface area (Å²) in [7, 11) is 0. The van der Waals surface area contributed by atoms with Gasteiger partial charge in [0.05, 0.1) is 25.4 Å². The maximum absolute atomic E-state index is 12.4. The van der Waals surface area contributed by atoms with Crippen molar-refractivity contribution in [2.45, 2.75) is 321 Å². The number of hydrogen-bond acceptors (Lipinski definition) is 5. The summed E-state index contributed by atoms with van der Waals surface area (Å²) in [6.07, 6.45) is 64.7. The molecule has 0 rings (SSSR count). The molecule has 0 fully saturated rings. The van der Waals surface area contributed by atoms with Crippen molar-refractivity contribution in [3.63, 3.8) is 0 Å². The third-order valence-corrected chi connectivity index (χ3v) is 13.3. The Hall–Kier alpha value is -1.66. The molecule has 1 amide bonds. The highest BCUT2D eigenvalue weighted by Crippen LogP contribution is 2.17. The molecule has 0 heterocycles. The van der Waals surface area contributed by atoms with Crippen molar-refractivity contribution in [2.75, 3.05) is 13.2 Å². The fraction of sp³-hybridized carbons (Fsp3) is 0.897. The molecule has 0 aliphatic heterocycles. The van der Waals surface area contributed by atoms with Crippen LogP contribution >= 0.6 is 0 Å². The lowest BCUT2D eigenvalue weighted by molar-refractivity contribution is -0.143. The van der Waals surface area contributed by atoms with E-state index in [-0.39, 0.29) is 18.5 Å². The SMILES string of the molecule is CCCCCCCCCCCCCCCCCC(=O)OCCCCCCCCCCC/C=C\C/C=C\CCCCCCCCCC(=O)NC(CO)C(O)CCCCCCCCCCC. The molecule has 2 atom stereocenters. The summed E-state index contributed by atoms with van der Waals surface area (Å²) in [6, 6.07) is -0.546. The highest BCUT2D eigenvalue weighted by molar-refractivity contribution is 5.76. The number of ether oxygens (including phenoxy) is 1. The van der Waals surface area contributed by atoms with Gasteiger partial charge in [0.1, 0.15) is 0 Å². The molecule has 0 saturated heterocycles. The Kier molecular flexibility index (Phi) is 52.6. The van der Waals surface area contributed by atoms with E-state index in [0.717, 1.165) is 51.4 Å². The molecule has 0 spiro atoms. The molecule has 6 nitrogen and oxygen atoms in total. The molecule has 0 aliphatic carbocycles. The van der Waals surface area contributed by atoms with Crippen molar-refractivity contribution < 1.29 is 24.5 Å². The first kappa shape index (κ1) is 62.3. The van der Waals surface area contributed by atoms with Gasteiger partial charge < -0.3 is 20.3 Å². The van der Waals surface area contributed by atoms with Gasteiger partial charge in [-0.05, 0) is 57.8 Å². The number of esters is 1. The quantitative estimate of drug-likeness (QED) is 0.0321. The predicted octanol–water partition coefficient (Wildman–Crippen LogP) is 17.5. The van der Waals surface area contributed by atoms with Crippen LogP contribution in [-0.2, 0) is 14.3 Å². The second kappa shape index (κ2) is 54.0. The Labute approximate surface area is 399 Å². The number of unbranched alkanes of at least 4 members (excludes halogenated alkanes) is 38. The van der Waals surface area contributed by atoms with Crippen molar-refractivity contribution in [2.24, 2.45) is 0 Å². The van der Waals surface area contributed by atoms with Gasteiger partial charge in [-0.2, -0.15) is 0 Å². The van der Waals surface area contributed by atoms with Crippen LogP contribution in [0, 0.1) is 0 Å². The molecular weight excluding hydrogens is 791 g/mol. The van der Waals surface area contributed by atoms with Crippen molar-refractivity contribution in [3.05, 3.63) is 24.3 Å². The van der Waals surface area contributed by atoms with Gasteiger partial charge in [0.2, 0.25) is 5.91 Å². The summed E-state index contributed by atoms with van der Waals surface area (Å²) in [6.45, 7) is 4.93. The van der Waals surface area contributed by atoms with E-state index in [1.165, 1.54) is 225 Å². The average molecular weight is 903 g/mol. The number of aliphatic hydroxyl groups excluding tert-OH is 2. The monoisotopic (exact) mass is 902 g/mol. The molecule has 0 radical (unpaired) electrons. The number of hydrogen-bond donors (Lipinski definition) is 3. The second-order valence-electron chi connectivity index (χ2n) is 19.6. The fourth-order valence-electron chi connectivity index (χ4n) is 8.85. The summed E-state index contributed by atoms with van der Waals surface area (Å²) in [5.74, 6) is -0.0377. The molecular formula is C58H111NO5. The summed E-state index contributed by atoms with van der Waals surface area (Å²) in [4.78, 5) is 24.4. The second-order valence-corrected chi connectivity index (χ2v) is 19.6. The molecule has 0 bridgehead atoms. The molecule has 2 unspecified atom stereocenters. The van der Waals surface area contributed by atoms with Crippen molar-refractivity contribution >= 4 is 11.9 Å². The van der Waals surface area contributed by atoms with Gasteiger partial charge in [0.15, 0.2) is 0 Å². The molecule has 0 aromatic carbocycles. The Morgan fingerprint density at radius 3 is 1.19 bits per heavy atom. The first-order chi connectivity index (χ1) is 31.5. The number of carbonyl (C=O) groups excluding carboxylic acids is 2. The lowest BCUT2D eigenvalue weighted by Crippen LogP contribution is -2.45. The van der Waals surface area contributed by atoms with E-state index >= 15 is 0 Å². The Balaban J connectivity index is 3.41. The molecule has 0 aromatic heterocycles. The maximum atomic E-state index is 12.4. The highest BCUT2D eigenvalue weighted by Gasteiger charge is 2.20. The Bertz CT molecular complexity index is 997. The summed E-state index contributed by atoms with van der Waals surface area (Å²) < 4.78 is 5.48. The summed E-state index contributed by atoms with van der Waals surface area (Å²) in [5.41, 5.74) is 0. The molecule has 0 saturated carbocycles. The van der Waals surface area contributed by atoms with Crippen LogP contribution < -0.4 is 5.32 Å². The van der Waals surface area contributed by atoms with E-state index in [1.807, 2.05) is 0 Å². The standard InChI is InChI=1S/C58H111NO5/c1-3-5-7-9-11-13-14-15-25-29-32-36-40-44-48-52-58(63)64-53-49-45-41-37-33-30-27-24-22-20-18-16-17-19-21-23-26-28-31-35-39-43-47-51-57(62)59-55(54-60)56(61)50-46-42-38-34-12-10-8-6-4-2/h16,18-19,21,55-56,60-61H,3-15,17,20,22-54H2,1-2H3,(H,59,62)/b18-16-,21-19-. The minimum absolute atomic E-state index is 0.00984. The zero-order valence-corrected chi connectivity index (χ0v) is 43.0. The van der Waals surface area contributed by atoms with Crippen LogP contribution in [-0.4, -0.2) is 47.4 Å². The number of rotatable bonds is 53. The van der Waals surface area contributed by atoms with Crippen LogP contribution in [0.5, 0.6) is 0 Å². The number of allylic oxidation sites excluding steroid dienone is 4. The van der Waals surface area contributed by atoms with Gasteiger partial charge in [0.25, 0.3) is 0 Å². The average Bonchev–Trinajstić information content (AvgIpc) is 3.29. The predicted molar refractivity (Wildman–Crippen MR) is 278 cm³/mol. The van der Waals surface area contributed by atoms with E-state index < -0.39 is 12.1 Å². The van der Waals surface area contributed by atoms with Crippen LogP contribution in [0.1, 0.15) is 309 Å². The van der Waals surface area contributed by atoms with Crippen LogP contribution in [0.25, 0.3) is 0 Å². The van der Waals surface area contributed by atoms with E-state index in [2.05, 4.69) is 43.5 Å². The van der Waals surface area contributed by atoms with Gasteiger partial charge in [0, 0.05) is 12.8 Å². The number of nitrogens with one attached hydrogen (secondary N) is 1. The van der Waals surface area contributed by atoms with Crippen molar-refractivity contribution in [3.8, 4) is 0 Å². The van der Waals surface area contributed by atoms with E-state index in [4.69, 9.17) is 4.74 Å². The molecule has 64 heavy (non-hydrogen) atoms. The Morgan fingerprint density at radius 2 is 0.781 bits per heavy atom. The summed E-state index contributed by atoms with van der Waals surface area (Å²) in [5, 5.41) is 23.1. The van der Waals surface area contributed by atoms with E-state index in [0.29, 0.717) is 25.9 Å². The molecule has 0 aliphatic rings. The van der Waals surface area contributed by atoms with E-state index in [9.17, 15) is 19.8 Å². The van der Waals surface area contributed by atoms with Gasteiger partial charge >= 0.3 is 5.97 Å². The first-order valence-corrected chi connectivity index (χ1v) is 28.6. The van der Waals surface area contributed by atoms with E-state index in [1.54, 1.807) is 0 Å². The van der Waals surface area contributed by atoms with Gasteiger partial charge in [-0.25, -0.2) is 0 Å². The summed E-state index contributed by atoms with van der Waals surface area (Å²) >= 11 is 0. The first-order valence-electron chi connectivity index (χ1n) is 28.6.